The summed E-state index contributed by atoms with van der Waals surface area (Å²) in [5.74, 6) is -2.84. The summed E-state index contributed by atoms with van der Waals surface area (Å²) in [7, 11) is 2.43. The quantitative estimate of drug-likeness (QED) is 0.644. The van der Waals surface area contributed by atoms with Crippen molar-refractivity contribution >= 4 is 23.8 Å². The summed E-state index contributed by atoms with van der Waals surface area (Å²) in [6, 6.07) is -0.752. The van der Waals surface area contributed by atoms with E-state index in [1.54, 1.807) is 0 Å². The lowest BCUT2D eigenvalue weighted by atomic mass is 9.82. The van der Waals surface area contributed by atoms with Crippen molar-refractivity contribution in [3.05, 3.63) is 0 Å². The molecule has 1 heterocycles. The molecule has 0 bridgehead atoms. The summed E-state index contributed by atoms with van der Waals surface area (Å²) in [6.45, 7) is 1.23. The van der Waals surface area contributed by atoms with E-state index in [-0.39, 0.29) is 0 Å². The minimum Gasteiger partial charge on any atom is -0.481 e. The number of hydrogen-bond donors (Lipinski definition) is 1. The van der Waals surface area contributed by atoms with Crippen molar-refractivity contribution in [2.45, 2.75) is 13.3 Å². The number of carboxylic acid groups (broad SMARTS) is 1. The van der Waals surface area contributed by atoms with E-state index in [4.69, 9.17) is 5.11 Å². The van der Waals surface area contributed by atoms with Gasteiger partial charge >= 0.3 is 12.0 Å². The molecular formula is C9H12N2O5. The summed E-state index contributed by atoms with van der Waals surface area (Å²) in [6.07, 6.45) is -0.632. The second-order valence-electron chi connectivity index (χ2n) is 3.91. The van der Waals surface area contributed by atoms with Crippen molar-refractivity contribution in [3.63, 3.8) is 0 Å². The van der Waals surface area contributed by atoms with Crippen molar-refractivity contribution < 1.29 is 24.3 Å². The lowest BCUT2D eigenvalue weighted by Gasteiger charge is -2.38. The average Bonchev–Trinajstić information content (AvgIpc) is 2.21. The van der Waals surface area contributed by atoms with Crippen LogP contribution in [0.2, 0.25) is 0 Å². The average molecular weight is 228 g/mol. The summed E-state index contributed by atoms with van der Waals surface area (Å²) in [5.41, 5.74) is -1.71. The smallest absolute Gasteiger partial charge is 0.332 e. The Hall–Kier alpha value is -1.92. The molecule has 1 rings (SSSR count). The normalized spacial score (nSPS) is 20.3. The topological polar surface area (TPSA) is 95.0 Å². The summed E-state index contributed by atoms with van der Waals surface area (Å²) in [4.78, 5) is 47.0. The van der Waals surface area contributed by atoms with Crippen LogP contribution < -0.4 is 0 Å². The van der Waals surface area contributed by atoms with Gasteiger partial charge in [-0.1, -0.05) is 0 Å². The third-order valence-corrected chi connectivity index (χ3v) is 2.63. The van der Waals surface area contributed by atoms with Crippen LogP contribution in [0.15, 0.2) is 0 Å². The summed E-state index contributed by atoms with van der Waals surface area (Å²) in [5, 5.41) is 8.68. The highest BCUT2D eigenvalue weighted by Gasteiger charge is 2.53. The van der Waals surface area contributed by atoms with E-state index < -0.39 is 35.7 Å². The van der Waals surface area contributed by atoms with Crippen LogP contribution in [0.25, 0.3) is 0 Å². The van der Waals surface area contributed by atoms with Gasteiger partial charge in [-0.25, -0.2) is 4.79 Å². The van der Waals surface area contributed by atoms with E-state index in [2.05, 4.69) is 0 Å². The first-order valence-corrected chi connectivity index (χ1v) is 4.54. The highest BCUT2D eigenvalue weighted by molar-refractivity contribution is 6.19. The van der Waals surface area contributed by atoms with Gasteiger partial charge in [0.05, 0.1) is 6.42 Å². The van der Waals surface area contributed by atoms with Gasteiger partial charge in [-0.05, 0) is 6.92 Å². The SMILES string of the molecule is CN1C(=O)N(C)C(=O)C(C)(CC(=O)O)C1=O. The Labute approximate surface area is 91.6 Å². The number of nitrogens with zero attached hydrogens (tertiary/aromatic N) is 2. The van der Waals surface area contributed by atoms with E-state index in [0.717, 1.165) is 9.80 Å². The number of barbiturate groups is 1. The third kappa shape index (κ3) is 1.54. The summed E-state index contributed by atoms with van der Waals surface area (Å²) < 4.78 is 0. The first-order chi connectivity index (χ1) is 7.21. The molecular weight excluding hydrogens is 216 g/mol. The van der Waals surface area contributed by atoms with Gasteiger partial charge in [-0.3, -0.25) is 24.2 Å². The number of imide groups is 2. The number of aliphatic carboxylic acids is 1. The molecule has 0 unspecified atom stereocenters. The Kier molecular flexibility index (Phi) is 2.72. The molecule has 1 aliphatic heterocycles. The predicted molar refractivity (Wildman–Crippen MR) is 51.3 cm³/mol. The molecule has 1 aliphatic rings. The molecule has 0 aromatic carbocycles. The first-order valence-electron chi connectivity index (χ1n) is 4.54. The van der Waals surface area contributed by atoms with Crippen LogP contribution in [0.3, 0.4) is 0 Å². The van der Waals surface area contributed by atoms with Crippen LogP contribution in [0.4, 0.5) is 4.79 Å². The molecule has 0 saturated carbocycles. The zero-order valence-corrected chi connectivity index (χ0v) is 9.18. The van der Waals surface area contributed by atoms with Gasteiger partial charge in [0.15, 0.2) is 0 Å². The maximum Gasteiger partial charge on any atom is 0.332 e. The number of carbonyl (C=O) groups excluding carboxylic acids is 3. The molecule has 0 atom stereocenters. The Balaban J connectivity index is 3.18. The fraction of sp³-hybridized carbons (Fsp3) is 0.556. The predicted octanol–water partition coefficient (Wildman–Crippen LogP) is -0.482. The van der Waals surface area contributed by atoms with E-state index in [1.165, 1.54) is 21.0 Å². The van der Waals surface area contributed by atoms with Gasteiger partial charge in [0.25, 0.3) is 0 Å². The Bertz CT molecular complexity index is 365. The standard InChI is InChI=1S/C9H12N2O5/c1-9(4-5(12)13)6(14)10(2)8(16)11(3)7(9)15/h4H2,1-3H3,(H,12,13). The van der Waals surface area contributed by atoms with Gasteiger partial charge in [-0.2, -0.15) is 0 Å². The molecule has 1 N–H and O–H groups in total. The largest absolute Gasteiger partial charge is 0.481 e. The zero-order chi connectivity index (χ0) is 12.7. The molecule has 7 nitrogen and oxygen atoms in total. The number of urea groups is 1. The molecule has 16 heavy (non-hydrogen) atoms. The Morgan fingerprint density at radius 2 is 1.56 bits per heavy atom. The molecule has 0 aromatic rings. The highest BCUT2D eigenvalue weighted by Crippen LogP contribution is 2.31. The maximum absolute atomic E-state index is 11.7. The summed E-state index contributed by atoms with van der Waals surface area (Å²) >= 11 is 0. The zero-order valence-electron chi connectivity index (χ0n) is 9.18. The second kappa shape index (κ2) is 3.58. The Morgan fingerprint density at radius 3 is 1.88 bits per heavy atom. The minimum absolute atomic E-state index is 0.632. The second-order valence-corrected chi connectivity index (χ2v) is 3.91. The van der Waals surface area contributed by atoms with E-state index in [9.17, 15) is 19.2 Å². The number of carbonyl (C=O) groups is 4. The molecule has 88 valence electrons. The van der Waals surface area contributed by atoms with Crippen molar-refractivity contribution in [2.75, 3.05) is 14.1 Å². The first kappa shape index (κ1) is 12.2. The molecule has 0 aliphatic carbocycles. The van der Waals surface area contributed by atoms with Crippen LogP contribution >= 0.6 is 0 Å². The monoisotopic (exact) mass is 228 g/mol. The molecule has 0 spiro atoms. The van der Waals surface area contributed by atoms with Gasteiger partial charge in [-0.15, -0.1) is 0 Å². The molecule has 0 aromatic heterocycles. The van der Waals surface area contributed by atoms with E-state index in [0.29, 0.717) is 0 Å². The van der Waals surface area contributed by atoms with Gasteiger partial charge in [0.1, 0.15) is 5.41 Å². The van der Waals surface area contributed by atoms with Gasteiger partial charge < -0.3 is 5.11 Å². The van der Waals surface area contributed by atoms with E-state index >= 15 is 0 Å². The lowest BCUT2D eigenvalue weighted by Crippen LogP contribution is -2.62. The number of rotatable bonds is 2. The van der Waals surface area contributed by atoms with Crippen LogP contribution in [-0.2, 0) is 14.4 Å². The van der Waals surface area contributed by atoms with Crippen molar-refractivity contribution in [3.8, 4) is 0 Å². The number of hydrogen-bond acceptors (Lipinski definition) is 4. The molecule has 0 radical (unpaired) electrons. The number of amides is 4. The molecule has 7 heteroatoms. The van der Waals surface area contributed by atoms with Crippen LogP contribution in [0.1, 0.15) is 13.3 Å². The fourth-order valence-electron chi connectivity index (χ4n) is 1.68. The Morgan fingerprint density at radius 1 is 1.19 bits per heavy atom. The van der Waals surface area contributed by atoms with Gasteiger partial charge in [0.2, 0.25) is 11.8 Å². The van der Waals surface area contributed by atoms with Crippen LogP contribution in [-0.4, -0.2) is 52.8 Å². The van der Waals surface area contributed by atoms with Crippen LogP contribution in [0.5, 0.6) is 0 Å². The molecule has 4 amide bonds. The third-order valence-electron chi connectivity index (χ3n) is 2.63. The minimum atomic E-state index is -1.71. The van der Waals surface area contributed by atoms with Crippen molar-refractivity contribution in [2.24, 2.45) is 5.41 Å². The van der Waals surface area contributed by atoms with Crippen molar-refractivity contribution in [1.82, 2.24) is 9.80 Å². The fourth-order valence-corrected chi connectivity index (χ4v) is 1.68. The van der Waals surface area contributed by atoms with Gasteiger partial charge in [0, 0.05) is 14.1 Å². The molecule has 1 saturated heterocycles. The highest BCUT2D eigenvalue weighted by atomic mass is 16.4. The molecule has 1 fully saturated rings. The maximum atomic E-state index is 11.7. The lowest BCUT2D eigenvalue weighted by molar-refractivity contribution is -0.161. The number of carboxylic acids is 1. The van der Waals surface area contributed by atoms with E-state index in [1.807, 2.05) is 0 Å². The van der Waals surface area contributed by atoms with Crippen molar-refractivity contribution in [1.29, 1.82) is 0 Å². The van der Waals surface area contributed by atoms with Crippen LogP contribution in [0, 0.1) is 5.41 Å².